The normalized spacial score (nSPS) is 11.3. The van der Waals surface area contributed by atoms with Crippen LogP contribution in [0.2, 0.25) is 0 Å². The molecule has 1 N–H and O–H groups in total. The van der Waals surface area contributed by atoms with Crippen molar-refractivity contribution in [2.75, 3.05) is 12.8 Å². The number of nitrogens with zero attached hydrogens (tertiary/aromatic N) is 2. The molecule has 0 bridgehead atoms. The number of thioether (sulfide) groups is 1. The molecule has 18 heavy (non-hydrogen) atoms. The number of rotatable bonds is 8. The lowest BCUT2D eigenvalue weighted by atomic mass is 10.2. The Morgan fingerprint density at radius 2 is 2.39 bits per heavy atom. The Kier molecular flexibility index (Phi) is 6.86. The van der Waals surface area contributed by atoms with Gasteiger partial charge in [-0.25, -0.2) is 0 Å². The van der Waals surface area contributed by atoms with Gasteiger partial charge in [-0.05, 0) is 37.7 Å². The fraction of sp³-hybridized carbons (Fsp3) is 0.417. The topological polar surface area (TPSA) is 68.1 Å². The van der Waals surface area contributed by atoms with E-state index in [0.717, 1.165) is 37.7 Å². The average molecular weight is 267 g/mol. The molecular formula is C12H17N3O2S. The first-order valence-electron chi connectivity index (χ1n) is 5.75. The Hall–Kier alpha value is -1.56. The first kappa shape index (κ1) is 14.5. The molecule has 0 atom stereocenters. The number of nitro groups is 1. The lowest BCUT2D eigenvalue weighted by Gasteiger charge is -2.05. The summed E-state index contributed by atoms with van der Waals surface area (Å²) in [5.74, 6) is 0. The second-order valence-corrected chi connectivity index (χ2v) is 4.54. The van der Waals surface area contributed by atoms with Crippen molar-refractivity contribution in [3.05, 3.63) is 51.4 Å². The van der Waals surface area contributed by atoms with Crippen molar-refractivity contribution in [2.24, 2.45) is 0 Å². The molecule has 0 saturated heterocycles. The minimum atomic E-state index is -0.438. The molecule has 0 saturated carbocycles. The van der Waals surface area contributed by atoms with Crippen molar-refractivity contribution in [3.8, 4) is 0 Å². The molecule has 98 valence electrons. The fourth-order valence-electron chi connectivity index (χ4n) is 1.45. The van der Waals surface area contributed by atoms with Gasteiger partial charge in [0.1, 0.15) is 5.03 Å². The first-order chi connectivity index (χ1) is 8.72. The molecule has 0 aliphatic heterocycles. The van der Waals surface area contributed by atoms with Crippen molar-refractivity contribution >= 4 is 11.8 Å². The molecule has 0 radical (unpaired) electrons. The molecule has 0 fully saturated rings. The second kappa shape index (κ2) is 8.52. The van der Waals surface area contributed by atoms with Gasteiger partial charge in [-0.1, -0.05) is 6.07 Å². The number of aromatic nitrogens is 1. The van der Waals surface area contributed by atoms with Gasteiger partial charge >= 0.3 is 0 Å². The quantitative estimate of drug-likeness (QED) is 0.445. The van der Waals surface area contributed by atoms with Crippen LogP contribution in [0.5, 0.6) is 0 Å². The van der Waals surface area contributed by atoms with Gasteiger partial charge in [0.25, 0.3) is 6.20 Å². The van der Waals surface area contributed by atoms with Gasteiger partial charge in [0.2, 0.25) is 0 Å². The lowest BCUT2D eigenvalue weighted by Crippen LogP contribution is -2.14. The van der Waals surface area contributed by atoms with Crippen molar-refractivity contribution in [3.63, 3.8) is 0 Å². The third kappa shape index (κ3) is 6.24. The van der Waals surface area contributed by atoms with Crippen LogP contribution in [-0.4, -0.2) is 22.7 Å². The van der Waals surface area contributed by atoms with Gasteiger partial charge in [-0.3, -0.25) is 15.1 Å². The molecule has 1 aromatic rings. The monoisotopic (exact) mass is 267 g/mol. The summed E-state index contributed by atoms with van der Waals surface area (Å²) in [5.41, 5.74) is 1.09. The maximum absolute atomic E-state index is 10.3. The number of nitrogens with one attached hydrogen (secondary N) is 1. The van der Waals surface area contributed by atoms with E-state index in [1.54, 1.807) is 6.20 Å². The summed E-state index contributed by atoms with van der Waals surface area (Å²) in [7, 11) is 0. The van der Waals surface area contributed by atoms with E-state index in [0.29, 0.717) is 5.03 Å². The van der Waals surface area contributed by atoms with Gasteiger partial charge in [-0.15, -0.1) is 11.8 Å². The van der Waals surface area contributed by atoms with Gasteiger partial charge in [0, 0.05) is 18.4 Å². The van der Waals surface area contributed by atoms with Crippen molar-refractivity contribution in [1.82, 2.24) is 10.3 Å². The number of pyridine rings is 1. The molecule has 6 heteroatoms. The molecule has 0 unspecified atom stereocenters. The molecular weight excluding hydrogens is 250 g/mol. The van der Waals surface area contributed by atoms with Crippen LogP contribution in [0.15, 0.2) is 35.6 Å². The highest BCUT2D eigenvalue weighted by molar-refractivity contribution is 8.02. The number of aryl methyl sites for hydroxylation is 1. The van der Waals surface area contributed by atoms with Crippen molar-refractivity contribution in [1.29, 1.82) is 0 Å². The van der Waals surface area contributed by atoms with Crippen molar-refractivity contribution < 1.29 is 4.92 Å². The summed E-state index contributed by atoms with van der Waals surface area (Å²) in [6.45, 7) is 0.743. The highest BCUT2D eigenvalue weighted by Gasteiger charge is 2.00. The molecule has 5 nitrogen and oxygen atoms in total. The summed E-state index contributed by atoms with van der Waals surface area (Å²) in [4.78, 5) is 14.1. The number of unbranched alkanes of at least 4 members (excludes halogenated alkanes) is 1. The molecule has 0 amide bonds. The summed E-state index contributed by atoms with van der Waals surface area (Å²) < 4.78 is 0. The van der Waals surface area contributed by atoms with E-state index >= 15 is 0 Å². The van der Waals surface area contributed by atoms with E-state index in [9.17, 15) is 10.1 Å². The molecule has 0 aromatic carbocycles. The average Bonchev–Trinajstić information content (AvgIpc) is 2.37. The third-order valence-electron chi connectivity index (χ3n) is 2.33. The van der Waals surface area contributed by atoms with E-state index in [2.05, 4.69) is 10.3 Å². The zero-order chi connectivity index (χ0) is 13.2. The van der Waals surface area contributed by atoms with Crippen LogP contribution < -0.4 is 5.32 Å². The molecule has 1 rings (SSSR count). The molecule has 0 spiro atoms. The minimum Gasteiger partial charge on any atom is -0.375 e. The maximum Gasteiger partial charge on any atom is 0.263 e. The van der Waals surface area contributed by atoms with Gasteiger partial charge in [0.15, 0.2) is 0 Å². The summed E-state index contributed by atoms with van der Waals surface area (Å²) in [6, 6.07) is 5.89. The summed E-state index contributed by atoms with van der Waals surface area (Å²) >= 11 is 1.35. The smallest absolute Gasteiger partial charge is 0.263 e. The molecule has 0 aliphatic rings. The first-order valence-corrected chi connectivity index (χ1v) is 6.98. The molecule has 0 aliphatic carbocycles. The lowest BCUT2D eigenvalue weighted by molar-refractivity contribution is -0.403. The summed E-state index contributed by atoms with van der Waals surface area (Å²) in [6.07, 6.45) is 7.53. The number of hydrogen-bond donors (Lipinski definition) is 1. The van der Waals surface area contributed by atoms with Crippen LogP contribution in [0.3, 0.4) is 0 Å². The Labute approximate surface area is 111 Å². The van der Waals surface area contributed by atoms with Gasteiger partial charge in [0.05, 0.1) is 4.92 Å². The van der Waals surface area contributed by atoms with Crippen LogP contribution >= 0.6 is 11.8 Å². The Balaban J connectivity index is 2.17. The van der Waals surface area contributed by atoms with E-state index < -0.39 is 4.92 Å². The predicted molar refractivity (Wildman–Crippen MR) is 73.8 cm³/mol. The minimum absolute atomic E-state index is 0.438. The Bertz CT molecular complexity index is 396. The van der Waals surface area contributed by atoms with Crippen LogP contribution in [0, 0.1) is 10.1 Å². The van der Waals surface area contributed by atoms with E-state index in [4.69, 9.17) is 0 Å². The molecule has 1 aromatic heterocycles. The fourth-order valence-corrected chi connectivity index (χ4v) is 1.89. The Morgan fingerprint density at radius 1 is 1.56 bits per heavy atom. The van der Waals surface area contributed by atoms with E-state index in [1.165, 1.54) is 11.8 Å². The van der Waals surface area contributed by atoms with Crippen LogP contribution in [-0.2, 0) is 6.42 Å². The van der Waals surface area contributed by atoms with E-state index in [1.807, 2.05) is 24.5 Å². The van der Waals surface area contributed by atoms with Crippen LogP contribution in [0.4, 0.5) is 0 Å². The van der Waals surface area contributed by atoms with Crippen molar-refractivity contribution in [2.45, 2.75) is 19.3 Å². The summed E-state index contributed by atoms with van der Waals surface area (Å²) in [5, 5.41) is 14.0. The second-order valence-electron chi connectivity index (χ2n) is 3.69. The Morgan fingerprint density at radius 3 is 3.00 bits per heavy atom. The number of hydrogen-bond acceptors (Lipinski definition) is 5. The SMILES string of the molecule is CS/C(=C/[N+](=O)[O-])NCCCCc1ccccn1. The molecule has 1 heterocycles. The third-order valence-corrected chi connectivity index (χ3v) is 3.02. The van der Waals surface area contributed by atoms with Gasteiger partial charge in [-0.2, -0.15) is 0 Å². The highest BCUT2D eigenvalue weighted by atomic mass is 32.2. The maximum atomic E-state index is 10.3. The zero-order valence-electron chi connectivity index (χ0n) is 10.3. The van der Waals surface area contributed by atoms with Gasteiger partial charge < -0.3 is 5.32 Å². The predicted octanol–water partition coefficient (Wildman–Crippen LogP) is 2.43. The van der Waals surface area contributed by atoms with Crippen LogP contribution in [0.25, 0.3) is 0 Å². The zero-order valence-corrected chi connectivity index (χ0v) is 11.2. The standard InChI is InChI=1S/C12H17N3O2S/c1-18-12(10-15(16)17)14-9-5-3-7-11-6-2-4-8-13-11/h2,4,6,8,10,14H,3,5,7,9H2,1H3/b12-10+. The largest absolute Gasteiger partial charge is 0.375 e. The highest BCUT2D eigenvalue weighted by Crippen LogP contribution is 2.07. The van der Waals surface area contributed by atoms with E-state index in [-0.39, 0.29) is 0 Å². The van der Waals surface area contributed by atoms with Crippen LogP contribution in [0.1, 0.15) is 18.5 Å².